The first-order valence-corrected chi connectivity index (χ1v) is 8.75. The van der Waals surface area contributed by atoms with Crippen LogP contribution in [0.3, 0.4) is 0 Å². The Morgan fingerprint density at radius 1 is 1.00 bits per heavy atom. The summed E-state index contributed by atoms with van der Waals surface area (Å²) in [6.07, 6.45) is 10.3. The summed E-state index contributed by atoms with van der Waals surface area (Å²) in [5.74, 6) is 4.53. The molecule has 1 amide bonds. The summed E-state index contributed by atoms with van der Waals surface area (Å²) in [4.78, 5) is 12.8. The van der Waals surface area contributed by atoms with Gasteiger partial charge in [0.1, 0.15) is 0 Å². The molecule has 0 aromatic heterocycles. The molecule has 3 N–H and O–H groups in total. The average Bonchev–Trinajstić information content (AvgIpc) is 2.84. The highest BCUT2D eigenvalue weighted by Gasteiger charge is 2.51. The molecule has 0 spiro atoms. The lowest BCUT2D eigenvalue weighted by molar-refractivity contribution is -0.139. The van der Waals surface area contributed by atoms with Gasteiger partial charge in [0, 0.05) is 12.0 Å². The highest BCUT2D eigenvalue weighted by atomic mass is 16.2. The van der Waals surface area contributed by atoms with Gasteiger partial charge in [-0.05, 0) is 81.1 Å². The Bertz CT molecular complexity index is 366. The summed E-state index contributed by atoms with van der Waals surface area (Å²) in [5, 5.41) is 3.39. The fraction of sp³-hybridized carbons (Fsp3) is 0.941. The van der Waals surface area contributed by atoms with Crippen molar-refractivity contribution >= 4 is 5.91 Å². The smallest absolute Gasteiger partial charge is 0.223 e. The van der Waals surface area contributed by atoms with Crippen molar-refractivity contribution in [1.82, 2.24) is 5.32 Å². The molecule has 5 saturated carbocycles. The lowest BCUT2D eigenvalue weighted by Crippen LogP contribution is -2.53. The maximum Gasteiger partial charge on any atom is 0.223 e. The van der Waals surface area contributed by atoms with E-state index in [4.69, 9.17) is 5.73 Å². The van der Waals surface area contributed by atoms with E-state index in [1.54, 1.807) is 0 Å². The Kier molecular flexibility index (Phi) is 3.29. The topological polar surface area (TPSA) is 55.1 Å². The van der Waals surface area contributed by atoms with Crippen molar-refractivity contribution in [1.29, 1.82) is 0 Å². The number of hydrogen-bond donors (Lipinski definition) is 2. The first kappa shape index (κ1) is 13.1. The van der Waals surface area contributed by atoms with Gasteiger partial charge in [-0.15, -0.1) is 0 Å². The Morgan fingerprint density at radius 3 is 2.25 bits per heavy atom. The Hall–Kier alpha value is -0.570. The number of hydrogen-bond acceptors (Lipinski definition) is 2. The molecular formula is C17H28N2O. The van der Waals surface area contributed by atoms with Gasteiger partial charge in [0.15, 0.2) is 0 Å². The number of nitrogens with one attached hydrogen (secondary N) is 1. The highest BCUT2D eigenvalue weighted by Crippen LogP contribution is 2.56. The number of rotatable bonds is 3. The van der Waals surface area contributed by atoms with Gasteiger partial charge in [0.05, 0.1) is 0 Å². The van der Waals surface area contributed by atoms with Gasteiger partial charge in [-0.3, -0.25) is 4.79 Å². The minimum absolute atomic E-state index is 0.335. The molecule has 5 aliphatic rings. The molecule has 2 atom stereocenters. The standard InChI is InChI=1S/C17H28N2O/c18-9-12-2-1-3-15(12)19-17(20)16-13-5-10-4-11(7-13)8-14(16)6-10/h10-16H,1-9,18H2,(H,19,20). The van der Waals surface area contributed by atoms with E-state index >= 15 is 0 Å². The van der Waals surface area contributed by atoms with Crippen LogP contribution < -0.4 is 11.1 Å². The van der Waals surface area contributed by atoms with Crippen LogP contribution in [0.5, 0.6) is 0 Å². The van der Waals surface area contributed by atoms with Crippen molar-refractivity contribution in [2.24, 2.45) is 41.2 Å². The van der Waals surface area contributed by atoms with E-state index in [2.05, 4.69) is 5.32 Å². The minimum atomic E-state index is 0.335. The lowest BCUT2D eigenvalue weighted by atomic mass is 9.51. The molecule has 0 radical (unpaired) electrons. The van der Waals surface area contributed by atoms with Crippen LogP contribution in [0.15, 0.2) is 0 Å². The van der Waals surface area contributed by atoms with Crippen LogP contribution in [0.1, 0.15) is 51.4 Å². The summed E-state index contributed by atoms with van der Waals surface area (Å²) in [6.45, 7) is 0.729. The summed E-state index contributed by atoms with van der Waals surface area (Å²) in [6, 6.07) is 0.365. The second-order valence-corrected chi connectivity index (χ2v) is 8.00. The van der Waals surface area contributed by atoms with Gasteiger partial charge in [0.25, 0.3) is 0 Å². The van der Waals surface area contributed by atoms with Crippen molar-refractivity contribution in [3.05, 3.63) is 0 Å². The molecule has 5 fully saturated rings. The fourth-order valence-corrected chi connectivity index (χ4v) is 6.14. The van der Waals surface area contributed by atoms with Crippen LogP contribution in [0.4, 0.5) is 0 Å². The lowest BCUT2D eigenvalue weighted by Gasteiger charge is -2.53. The second-order valence-electron chi connectivity index (χ2n) is 8.00. The van der Waals surface area contributed by atoms with E-state index < -0.39 is 0 Å². The number of amides is 1. The van der Waals surface area contributed by atoms with Crippen LogP contribution in [0.2, 0.25) is 0 Å². The van der Waals surface area contributed by atoms with Gasteiger partial charge in [-0.1, -0.05) is 6.42 Å². The van der Waals surface area contributed by atoms with Crippen molar-refractivity contribution in [2.45, 2.75) is 57.4 Å². The van der Waals surface area contributed by atoms with Crippen LogP contribution in [-0.2, 0) is 4.79 Å². The largest absolute Gasteiger partial charge is 0.353 e. The van der Waals surface area contributed by atoms with Crippen LogP contribution >= 0.6 is 0 Å². The van der Waals surface area contributed by atoms with E-state index in [1.165, 1.54) is 44.9 Å². The van der Waals surface area contributed by atoms with E-state index in [9.17, 15) is 4.79 Å². The molecule has 0 heterocycles. The Balaban J connectivity index is 1.43. The highest BCUT2D eigenvalue weighted by molar-refractivity contribution is 5.80. The van der Waals surface area contributed by atoms with Crippen molar-refractivity contribution in [2.75, 3.05) is 6.54 Å². The number of nitrogens with two attached hydrogens (primary N) is 1. The predicted octanol–water partition coefficient (Wildman–Crippen LogP) is 2.30. The van der Waals surface area contributed by atoms with Crippen molar-refractivity contribution in [3.63, 3.8) is 0 Å². The summed E-state index contributed by atoms with van der Waals surface area (Å²) in [5.41, 5.74) is 5.84. The Labute approximate surface area is 122 Å². The monoisotopic (exact) mass is 276 g/mol. The van der Waals surface area contributed by atoms with Gasteiger partial charge < -0.3 is 11.1 Å². The third kappa shape index (κ3) is 2.09. The summed E-state index contributed by atoms with van der Waals surface area (Å²) >= 11 is 0. The van der Waals surface area contributed by atoms with E-state index in [-0.39, 0.29) is 0 Å². The van der Waals surface area contributed by atoms with Gasteiger partial charge >= 0.3 is 0 Å². The quantitative estimate of drug-likeness (QED) is 0.831. The van der Waals surface area contributed by atoms with E-state index in [1.807, 2.05) is 0 Å². The molecule has 0 saturated heterocycles. The second kappa shape index (κ2) is 5.01. The van der Waals surface area contributed by atoms with Gasteiger partial charge in [0.2, 0.25) is 5.91 Å². The molecule has 3 nitrogen and oxygen atoms in total. The molecule has 0 aromatic rings. The van der Waals surface area contributed by atoms with Gasteiger partial charge in [-0.2, -0.15) is 0 Å². The maximum absolute atomic E-state index is 12.8. The van der Waals surface area contributed by atoms with Crippen LogP contribution in [-0.4, -0.2) is 18.5 Å². The fourth-order valence-electron chi connectivity index (χ4n) is 6.14. The molecule has 5 rings (SSSR count). The van der Waals surface area contributed by atoms with Crippen LogP contribution in [0, 0.1) is 35.5 Å². The molecule has 2 unspecified atom stereocenters. The first-order chi connectivity index (χ1) is 9.74. The Morgan fingerprint density at radius 2 is 1.65 bits per heavy atom. The zero-order chi connectivity index (χ0) is 13.7. The summed E-state index contributed by atoms with van der Waals surface area (Å²) < 4.78 is 0. The summed E-state index contributed by atoms with van der Waals surface area (Å²) in [7, 11) is 0. The van der Waals surface area contributed by atoms with Gasteiger partial charge in [-0.25, -0.2) is 0 Å². The molecule has 0 aliphatic heterocycles. The normalized spacial score (nSPS) is 49.5. The molecule has 0 aromatic carbocycles. The molecule has 112 valence electrons. The first-order valence-electron chi connectivity index (χ1n) is 8.75. The third-order valence-electron chi connectivity index (χ3n) is 6.82. The predicted molar refractivity (Wildman–Crippen MR) is 78.9 cm³/mol. The average molecular weight is 276 g/mol. The molecular weight excluding hydrogens is 248 g/mol. The molecule has 4 bridgehead atoms. The number of carbonyl (C=O) groups excluding carboxylic acids is 1. The SMILES string of the molecule is NCC1CCCC1NC(=O)C1C2CC3CC(C2)CC1C3. The molecule has 3 heteroatoms. The number of carbonyl (C=O) groups is 1. The maximum atomic E-state index is 12.8. The molecule has 5 aliphatic carbocycles. The zero-order valence-corrected chi connectivity index (χ0v) is 12.4. The van der Waals surface area contributed by atoms with E-state index in [0.29, 0.717) is 35.6 Å². The molecule has 20 heavy (non-hydrogen) atoms. The van der Waals surface area contributed by atoms with Crippen molar-refractivity contribution < 1.29 is 4.79 Å². The van der Waals surface area contributed by atoms with Crippen molar-refractivity contribution in [3.8, 4) is 0 Å². The minimum Gasteiger partial charge on any atom is -0.353 e. The third-order valence-corrected chi connectivity index (χ3v) is 6.82. The van der Waals surface area contributed by atoms with Crippen LogP contribution in [0.25, 0.3) is 0 Å². The zero-order valence-electron chi connectivity index (χ0n) is 12.4. The van der Waals surface area contributed by atoms with E-state index in [0.717, 1.165) is 24.8 Å².